The highest BCUT2D eigenvalue weighted by atomic mass is 32.2. The smallest absolute Gasteiger partial charge is 0.349 e. The predicted molar refractivity (Wildman–Crippen MR) is 100 cm³/mol. The number of ether oxygens (including phenoxy) is 1. The number of benzene rings is 1. The van der Waals surface area contributed by atoms with Crippen LogP contribution >= 0.6 is 11.3 Å². The summed E-state index contributed by atoms with van der Waals surface area (Å²) < 4.78 is 28.8. The summed E-state index contributed by atoms with van der Waals surface area (Å²) in [5, 5.41) is 1.79. The van der Waals surface area contributed by atoms with E-state index < -0.39 is 34.4 Å². The van der Waals surface area contributed by atoms with Crippen LogP contribution in [-0.4, -0.2) is 44.4 Å². The van der Waals surface area contributed by atoms with E-state index in [9.17, 15) is 18.0 Å². The number of thiophene rings is 1. The first-order valence-electron chi connectivity index (χ1n) is 8.16. The van der Waals surface area contributed by atoms with Gasteiger partial charge in [-0.3, -0.25) is 4.79 Å². The second-order valence-electron chi connectivity index (χ2n) is 6.17. The molecule has 8 heteroatoms. The van der Waals surface area contributed by atoms with E-state index in [1.165, 1.54) is 16.2 Å². The Morgan fingerprint density at radius 1 is 1.23 bits per heavy atom. The van der Waals surface area contributed by atoms with Gasteiger partial charge in [0.1, 0.15) is 4.88 Å². The normalized spacial score (nSPS) is 18.4. The number of esters is 1. The molecular formula is C18H19NO5S2. The molecule has 6 nitrogen and oxygen atoms in total. The fraction of sp³-hybridized carbons (Fsp3) is 0.333. The fourth-order valence-electron chi connectivity index (χ4n) is 2.97. The Hall–Kier alpha value is -2.19. The number of anilines is 1. The Bertz CT molecular complexity index is 905. The van der Waals surface area contributed by atoms with Gasteiger partial charge in [0.15, 0.2) is 16.4 Å². The quantitative estimate of drug-likeness (QED) is 0.729. The molecule has 1 aliphatic heterocycles. The molecular weight excluding hydrogens is 374 g/mol. The summed E-state index contributed by atoms with van der Waals surface area (Å²) >= 11 is 1.26. The summed E-state index contributed by atoms with van der Waals surface area (Å²) in [6.45, 7) is 1.37. The third kappa shape index (κ3) is 4.13. The lowest BCUT2D eigenvalue weighted by Crippen LogP contribution is -2.43. The number of para-hydroxylation sites is 1. The highest BCUT2D eigenvalue weighted by molar-refractivity contribution is 7.91. The summed E-state index contributed by atoms with van der Waals surface area (Å²) in [4.78, 5) is 26.8. The first kappa shape index (κ1) is 18.6. The van der Waals surface area contributed by atoms with E-state index in [-0.39, 0.29) is 11.5 Å². The van der Waals surface area contributed by atoms with Crippen LogP contribution in [0.2, 0.25) is 0 Å². The van der Waals surface area contributed by atoms with Crippen LogP contribution in [-0.2, 0) is 19.4 Å². The van der Waals surface area contributed by atoms with Crippen molar-refractivity contribution in [2.45, 2.75) is 19.4 Å². The number of amides is 1. The SMILES string of the molecule is Cc1ccsc1C(=O)OCC(=O)N(c1ccccc1)[C@@H]1CCS(=O)(=O)C1. The number of carbonyl (C=O) groups excluding carboxylic acids is 2. The average Bonchev–Trinajstić information content (AvgIpc) is 3.19. The summed E-state index contributed by atoms with van der Waals surface area (Å²) in [6, 6.07) is 10.2. The van der Waals surface area contributed by atoms with Crippen molar-refractivity contribution in [3.05, 3.63) is 52.2 Å². The molecule has 0 aliphatic carbocycles. The van der Waals surface area contributed by atoms with Crippen LogP contribution in [0.3, 0.4) is 0 Å². The molecule has 2 heterocycles. The lowest BCUT2D eigenvalue weighted by atomic mass is 10.2. The zero-order chi connectivity index (χ0) is 18.7. The number of hydrogen-bond donors (Lipinski definition) is 0. The average molecular weight is 393 g/mol. The van der Waals surface area contributed by atoms with E-state index in [2.05, 4.69) is 0 Å². The van der Waals surface area contributed by atoms with Gasteiger partial charge in [0.2, 0.25) is 0 Å². The van der Waals surface area contributed by atoms with Gasteiger partial charge in [-0.25, -0.2) is 13.2 Å². The lowest BCUT2D eigenvalue weighted by Gasteiger charge is -2.28. The van der Waals surface area contributed by atoms with Crippen molar-refractivity contribution in [3.8, 4) is 0 Å². The van der Waals surface area contributed by atoms with Gasteiger partial charge in [-0.2, -0.15) is 0 Å². The molecule has 0 saturated carbocycles. The predicted octanol–water partition coefficient (Wildman–Crippen LogP) is 2.43. The van der Waals surface area contributed by atoms with Gasteiger partial charge in [-0.1, -0.05) is 18.2 Å². The first-order chi connectivity index (χ1) is 12.4. The molecule has 138 valence electrons. The Morgan fingerprint density at radius 2 is 1.96 bits per heavy atom. The van der Waals surface area contributed by atoms with Crippen LogP contribution < -0.4 is 4.90 Å². The fourth-order valence-corrected chi connectivity index (χ4v) is 5.49. The molecule has 0 radical (unpaired) electrons. The highest BCUT2D eigenvalue weighted by Crippen LogP contribution is 2.25. The zero-order valence-electron chi connectivity index (χ0n) is 14.3. The second-order valence-corrected chi connectivity index (χ2v) is 9.31. The minimum atomic E-state index is -3.15. The number of aryl methyl sites for hydroxylation is 1. The lowest BCUT2D eigenvalue weighted by molar-refractivity contribution is -0.122. The van der Waals surface area contributed by atoms with Gasteiger partial charge < -0.3 is 9.64 Å². The molecule has 1 saturated heterocycles. The molecule has 0 bridgehead atoms. The molecule has 1 amide bonds. The van der Waals surface area contributed by atoms with E-state index in [0.717, 1.165) is 5.56 Å². The van der Waals surface area contributed by atoms with Crippen molar-refractivity contribution in [2.75, 3.05) is 23.0 Å². The molecule has 1 aliphatic rings. The van der Waals surface area contributed by atoms with Crippen molar-refractivity contribution in [1.29, 1.82) is 0 Å². The van der Waals surface area contributed by atoms with Gasteiger partial charge in [0.05, 0.1) is 17.5 Å². The molecule has 1 atom stereocenters. The van der Waals surface area contributed by atoms with Gasteiger partial charge in [0, 0.05) is 5.69 Å². The zero-order valence-corrected chi connectivity index (χ0v) is 15.9. The minimum Gasteiger partial charge on any atom is -0.451 e. The van der Waals surface area contributed by atoms with Crippen molar-refractivity contribution in [1.82, 2.24) is 0 Å². The van der Waals surface area contributed by atoms with Crippen molar-refractivity contribution in [3.63, 3.8) is 0 Å². The monoisotopic (exact) mass is 393 g/mol. The Morgan fingerprint density at radius 3 is 2.54 bits per heavy atom. The summed E-state index contributed by atoms with van der Waals surface area (Å²) in [6.07, 6.45) is 0.376. The molecule has 26 heavy (non-hydrogen) atoms. The second kappa shape index (κ2) is 7.59. The molecule has 3 rings (SSSR count). The van der Waals surface area contributed by atoms with Gasteiger partial charge >= 0.3 is 5.97 Å². The Labute approximate surface area is 156 Å². The maximum atomic E-state index is 12.8. The number of sulfone groups is 1. The van der Waals surface area contributed by atoms with Gasteiger partial charge in [0.25, 0.3) is 5.91 Å². The Balaban J connectivity index is 1.75. The van der Waals surface area contributed by atoms with Crippen LogP contribution in [0.25, 0.3) is 0 Å². The van der Waals surface area contributed by atoms with Crippen LogP contribution in [0, 0.1) is 6.92 Å². The van der Waals surface area contributed by atoms with E-state index in [1.54, 1.807) is 36.6 Å². The van der Waals surface area contributed by atoms with E-state index in [1.807, 2.05) is 12.1 Å². The molecule has 1 fully saturated rings. The van der Waals surface area contributed by atoms with Crippen molar-refractivity contribution >= 4 is 38.7 Å². The third-order valence-corrected chi connectivity index (χ3v) is 7.00. The largest absolute Gasteiger partial charge is 0.451 e. The minimum absolute atomic E-state index is 0.0580. The Kier molecular flexibility index (Phi) is 5.43. The molecule has 0 N–H and O–H groups in total. The van der Waals surface area contributed by atoms with Crippen LogP contribution in [0.4, 0.5) is 5.69 Å². The number of hydrogen-bond acceptors (Lipinski definition) is 6. The van der Waals surface area contributed by atoms with Crippen molar-refractivity contribution < 1.29 is 22.7 Å². The van der Waals surface area contributed by atoms with Crippen LogP contribution in [0.1, 0.15) is 21.7 Å². The molecule has 2 aromatic rings. The van der Waals surface area contributed by atoms with E-state index in [0.29, 0.717) is 17.0 Å². The van der Waals surface area contributed by atoms with E-state index in [4.69, 9.17) is 4.74 Å². The highest BCUT2D eigenvalue weighted by Gasteiger charge is 2.35. The number of carbonyl (C=O) groups is 2. The summed E-state index contributed by atoms with van der Waals surface area (Å²) in [5.41, 5.74) is 1.40. The van der Waals surface area contributed by atoms with Crippen LogP contribution in [0.15, 0.2) is 41.8 Å². The maximum Gasteiger partial charge on any atom is 0.349 e. The number of nitrogens with zero attached hydrogens (tertiary/aromatic N) is 1. The van der Waals surface area contributed by atoms with Gasteiger partial charge in [-0.15, -0.1) is 11.3 Å². The number of rotatable bonds is 5. The van der Waals surface area contributed by atoms with Crippen LogP contribution in [0.5, 0.6) is 0 Å². The third-order valence-electron chi connectivity index (χ3n) is 4.25. The summed E-state index contributed by atoms with van der Waals surface area (Å²) in [5.74, 6) is -0.993. The molecule has 0 unspecified atom stereocenters. The maximum absolute atomic E-state index is 12.8. The summed E-state index contributed by atoms with van der Waals surface area (Å²) in [7, 11) is -3.15. The van der Waals surface area contributed by atoms with Gasteiger partial charge in [-0.05, 0) is 42.5 Å². The van der Waals surface area contributed by atoms with E-state index >= 15 is 0 Å². The topological polar surface area (TPSA) is 80.8 Å². The standard InChI is InChI=1S/C18H19NO5S2/c1-13-7-9-25-17(13)18(21)24-11-16(20)19(14-5-3-2-4-6-14)15-8-10-26(22,23)12-15/h2-7,9,15H,8,10-12H2,1H3/t15-/m1/s1. The molecule has 1 aromatic carbocycles. The first-order valence-corrected chi connectivity index (χ1v) is 10.9. The molecule has 0 spiro atoms. The molecule has 1 aromatic heterocycles. The van der Waals surface area contributed by atoms with Crippen molar-refractivity contribution in [2.24, 2.45) is 0 Å².